The van der Waals surface area contributed by atoms with Crippen molar-refractivity contribution in [3.8, 4) is 0 Å². The molecule has 0 aliphatic heterocycles. The first-order valence-electron chi connectivity index (χ1n) is 6.90. The molecule has 110 valence electrons. The minimum absolute atomic E-state index is 0.0421. The number of aryl methyl sites for hydroxylation is 1. The van der Waals surface area contributed by atoms with Crippen LogP contribution in [-0.4, -0.2) is 12.5 Å². The van der Waals surface area contributed by atoms with Crippen LogP contribution in [0.4, 0.5) is 5.69 Å². The first-order chi connectivity index (χ1) is 10.1. The Morgan fingerprint density at radius 2 is 1.95 bits per heavy atom. The van der Waals surface area contributed by atoms with E-state index in [1.54, 1.807) is 0 Å². The standard InChI is InChI=1S/C17H19BrN2O/c1-12-6-5-7-14(10-12)20-17(21)11-19-13(2)15-8-3-4-9-16(15)18/h3-10,13,19H,11H2,1-2H3,(H,20,21)/t13-/m0/s1. The highest BCUT2D eigenvalue weighted by Crippen LogP contribution is 2.22. The second-order valence-electron chi connectivity index (χ2n) is 5.04. The number of amides is 1. The number of hydrogen-bond donors (Lipinski definition) is 2. The van der Waals surface area contributed by atoms with E-state index in [0.717, 1.165) is 21.3 Å². The van der Waals surface area contributed by atoms with Crippen molar-refractivity contribution in [3.63, 3.8) is 0 Å². The van der Waals surface area contributed by atoms with Crippen LogP contribution in [0.5, 0.6) is 0 Å². The molecule has 0 saturated carbocycles. The molecule has 0 spiro atoms. The lowest BCUT2D eigenvalue weighted by Gasteiger charge is -2.15. The molecule has 2 N–H and O–H groups in total. The molecule has 0 fully saturated rings. The van der Waals surface area contributed by atoms with E-state index in [9.17, 15) is 4.79 Å². The third kappa shape index (κ3) is 4.69. The van der Waals surface area contributed by atoms with Crippen molar-refractivity contribution in [2.24, 2.45) is 0 Å². The van der Waals surface area contributed by atoms with E-state index >= 15 is 0 Å². The van der Waals surface area contributed by atoms with Crippen LogP contribution < -0.4 is 10.6 Å². The molecule has 0 radical (unpaired) electrons. The highest BCUT2D eigenvalue weighted by molar-refractivity contribution is 9.10. The maximum Gasteiger partial charge on any atom is 0.238 e. The molecular weight excluding hydrogens is 328 g/mol. The molecule has 2 rings (SSSR count). The molecule has 0 saturated heterocycles. The van der Waals surface area contributed by atoms with Gasteiger partial charge in [-0.1, -0.05) is 46.3 Å². The van der Waals surface area contributed by atoms with Gasteiger partial charge < -0.3 is 10.6 Å². The maximum absolute atomic E-state index is 12.0. The Morgan fingerprint density at radius 1 is 1.19 bits per heavy atom. The van der Waals surface area contributed by atoms with Gasteiger partial charge in [-0.3, -0.25) is 4.79 Å². The summed E-state index contributed by atoms with van der Waals surface area (Å²) in [6, 6.07) is 15.9. The molecule has 2 aromatic carbocycles. The lowest BCUT2D eigenvalue weighted by atomic mass is 10.1. The minimum Gasteiger partial charge on any atom is -0.325 e. The van der Waals surface area contributed by atoms with E-state index in [4.69, 9.17) is 0 Å². The van der Waals surface area contributed by atoms with Crippen LogP contribution in [0.1, 0.15) is 24.1 Å². The fourth-order valence-electron chi connectivity index (χ4n) is 2.11. The number of benzene rings is 2. The highest BCUT2D eigenvalue weighted by atomic mass is 79.9. The van der Waals surface area contributed by atoms with Crippen LogP contribution in [0.2, 0.25) is 0 Å². The molecule has 0 aliphatic carbocycles. The Kier molecular flexibility index (Phi) is 5.53. The second-order valence-corrected chi connectivity index (χ2v) is 5.90. The third-order valence-corrected chi connectivity index (χ3v) is 3.96. The van der Waals surface area contributed by atoms with Crippen molar-refractivity contribution in [2.75, 3.05) is 11.9 Å². The van der Waals surface area contributed by atoms with Gasteiger partial charge in [-0.25, -0.2) is 0 Å². The number of hydrogen-bond acceptors (Lipinski definition) is 2. The van der Waals surface area contributed by atoms with Crippen molar-refractivity contribution >= 4 is 27.5 Å². The molecule has 1 amide bonds. The van der Waals surface area contributed by atoms with Crippen molar-refractivity contribution in [2.45, 2.75) is 19.9 Å². The SMILES string of the molecule is Cc1cccc(NC(=O)CN[C@@H](C)c2ccccc2Br)c1. The Labute approximate surface area is 133 Å². The van der Waals surface area contributed by atoms with Crippen molar-refractivity contribution in [1.82, 2.24) is 5.32 Å². The lowest BCUT2D eigenvalue weighted by molar-refractivity contribution is -0.115. The van der Waals surface area contributed by atoms with E-state index in [-0.39, 0.29) is 18.5 Å². The van der Waals surface area contributed by atoms with E-state index < -0.39 is 0 Å². The fourth-order valence-corrected chi connectivity index (χ4v) is 2.74. The van der Waals surface area contributed by atoms with Gasteiger partial charge in [-0.2, -0.15) is 0 Å². The monoisotopic (exact) mass is 346 g/mol. The quantitative estimate of drug-likeness (QED) is 0.857. The molecule has 21 heavy (non-hydrogen) atoms. The zero-order valence-corrected chi connectivity index (χ0v) is 13.8. The molecular formula is C17H19BrN2O. The number of carbonyl (C=O) groups excluding carboxylic acids is 1. The number of anilines is 1. The molecule has 0 aliphatic rings. The summed E-state index contributed by atoms with van der Waals surface area (Å²) in [4.78, 5) is 12.0. The van der Waals surface area contributed by atoms with Gasteiger partial charge in [-0.05, 0) is 43.2 Å². The summed E-state index contributed by atoms with van der Waals surface area (Å²) in [5, 5.41) is 6.12. The fraction of sp³-hybridized carbons (Fsp3) is 0.235. The molecule has 3 nitrogen and oxygen atoms in total. The Balaban J connectivity index is 1.88. The predicted molar refractivity (Wildman–Crippen MR) is 90.4 cm³/mol. The smallest absolute Gasteiger partial charge is 0.238 e. The van der Waals surface area contributed by atoms with Gasteiger partial charge in [0, 0.05) is 16.2 Å². The first kappa shape index (κ1) is 15.7. The Morgan fingerprint density at radius 3 is 2.67 bits per heavy atom. The van der Waals surface area contributed by atoms with Crippen LogP contribution in [0, 0.1) is 6.92 Å². The first-order valence-corrected chi connectivity index (χ1v) is 7.70. The summed E-state index contributed by atoms with van der Waals surface area (Å²) in [5.41, 5.74) is 3.10. The molecule has 0 heterocycles. The summed E-state index contributed by atoms with van der Waals surface area (Å²) in [5.74, 6) is -0.0421. The topological polar surface area (TPSA) is 41.1 Å². The maximum atomic E-state index is 12.0. The average molecular weight is 347 g/mol. The zero-order valence-electron chi connectivity index (χ0n) is 12.2. The predicted octanol–water partition coefficient (Wildman–Crippen LogP) is 4.05. The van der Waals surface area contributed by atoms with Gasteiger partial charge in [0.25, 0.3) is 0 Å². The summed E-state index contributed by atoms with van der Waals surface area (Å²) in [7, 11) is 0. The van der Waals surface area contributed by atoms with Gasteiger partial charge in [0.15, 0.2) is 0 Å². The second kappa shape index (κ2) is 7.38. The number of nitrogens with one attached hydrogen (secondary N) is 2. The van der Waals surface area contributed by atoms with Crippen LogP contribution in [-0.2, 0) is 4.79 Å². The van der Waals surface area contributed by atoms with Crippen molar-refractivity contribution in [3.05, 3.63) is 64.1 Å². The van der Waals surface area contributed by atoms with Gasteiger partial charge in [-0.15, -0.1) is 0 Å². The van der Waals surface area contributed by atoms with E-state index in [0.29, 0.717) is 0 Å². The largest absolute Gasteiger partial charge is 0.325 e. The molecule has 0 aromatic heterocycles. The van der Waals surface area contributed by atoms with Gasteiger partial charge in [0.2, 0.25) is 5.91 Å². The lowest BCUT2D eigenvalue weighted by Crippen LogP contribution is -2.30. The van der Waals surface area contributed by atoms with E-state index in [2.05, 4.69) is 26.6 Å². The van der Waals surface area contributed by atoms with Gasteiger partial charge in [0.05, 0.1) is 6.54 Å². The molecule has 1 atom stereocenters. The van der Waals surface area contributed by atoms with Crippen LogP contribution in [0.15, 0.2) is 53.0 Å². The molecule has 0 unspecified atom stereocenters. The highest BCUT2D eigenvalue weighted by Gasteiger charge is 2.10. The summed E-state index contributed by atoms with van der Waals surface area (Å²) < 4.78 is 1.05. The van der Waals surface area contributed by atoms with Crippen LogP contribution in [0.3, 0.4) is 0 Å². The Bertz CT molecular complexity index is 628. The minimum atomic E-state index is -0.0421. The van der Waals surface area contributed by atoms with E-state index in [1.807, 2.05) is 62.4 Å². The number of halogens is 1. The summed E-state index contributed by atoms with van der Waals surface area (Å²) >= 11 is 3.53. The van der Waals surface area contributed by atoms with E-state index in [1.165, 1.54) is 0 Å². The average Bonchev–Trinajstić information content (AvgIpc) is 2.45. The van der Waals surface area contributed by atoms with Crippen LogP contribution >= 0.6 is 15.9 Å². The zero-order chi connectivity index (χ0) is 15.2. The molecule has 4 heteroatoms. The van der Waals surface area contributed by atoms with Crippen molar-refractivity contribution < 1.29 is 4.79 Å². The van der Waals surface area contributed by atoms with Crippen molar-refractivity contribution in [1.29, 1.82) is 0 Å². The number of carbonyl (C=O) groups is 1. The molecule has 2 aromatic rings. The van der Waals surface area contributed by atoms with Crippen LogP contribution in [0.25, 0.3) is 0 Å². The summed E-state index contributed by atoms with van der Waals surface area (Å²) in [6.45, 7) is 4.32. The number of rotatable bonds is 5. The molecule has 0 bridgehead atoms. The Hall–Kier alpha value is -1.65. The normalized spacial score (nSPS) is 12.0. The summed E-state index contributed by atoms with van der Waals surface area (Å²) in [6.07, 6.45) is 0. The van der Waals surface area contributed by atoms with Gasteiger partial charge >= 0.3 is 0 Å². The third-order valence-electron chi connectivity index (χ3n) is 3.24. The van der Waals surface area contributed by atoms with Gasteiger partial charge in [0.1, 0.15) is 0 Å².